The highest BCUT2D eigenvalue weighted by Gasteiger charge is 2.04. The summed E-state index contributed by atoms with van der Waals surface area (Å²) in [6, 6.07) is 1.73. The predicted octanol–water partition coefficient (Wildman–Crippen LogP) is 3.14. The van der Waals surface area contributed by atoms with Crippen molar-refractivity contribution >= 4 is 0 Å². The van der Waals surface area contributed by atoms with Crippen molar-refractivity contribution in [2.75, 3.05) is 20.3 Å². The molecule has 1 heterocycles. The van der Waals surface area contributed by atoms with E-state index in [1.807, 2.05) is 0 Å². The SMILES string of the molecule is C=C(CC=C/C(=C\C)[N+](=O)[O-])COc1ccncc1C#CCOC. The number of allylic oxidation sites excluding steroid dienone is 3. The zero-order valence-electron chi connectivity index (χ0n) is 13.8. The predicted molar refractivity (Wildman–Crippen MR) is 92.1 cm³/mol. The van der Waals surface area contributed by atoms with Crippen LogP contribution >= 0.6 is 0 Å². The second kappa shape index (κ2) is 10.8. The summed E-state index contributed by atoms with van der Waals surface area (Å²) in [5.41, 5.74) is 1.51. The quantitative estimate of drug-likeness (QED) is 0.241. The van der Waals surface area contributed by atoms with E-state index < -0.39 is 4.92 Å². The van der Waals surface area contributed by atoms with E-state index in [1.165, 1.54) is 12.2 Å². The highest BCUT2D eigenvalue weighted by atomic mass is 16.6. The van der Waals surface area contributed by atoms with Gasteiger partial charge in [-0.2, -0.15) is 0 Å². The molecule has 6 nitrogen and oxygen atoms in total. The number of nitrogens with zero attached hydrogens (tertiary/aromatic N) is 2. The van der Waals surface area contributed by atoms with E-state index in [1.54, 1.807) is 38.6 Å². The van der Waals surface area contributed by atoms with E-state index in [0.29, 0.717) is 24.3 Å². The molecule has 1 rings (SSSR count). The summed E-state index contributed by atoms with van der Waals surface area (Å²) >= 11 is 0. The number of rotatable bonds is 8. The smallest absolute Gasteiger partial charge is 0.264 e. The number of hydrogen-bond acceptors (Lipinski definition) is 5. The fourth-order valence-electron chi connectivity index (χ4n) is 1.65. The fraction of sp³-hybridized carbons (Fsp3) is 0.278. The Kier molecular flexibility index (Phi) is 8.58. The first kappa shape index (κ1) is 19.1. The molecule has 0 aliphatic heterocycles. The molecular formula is C18H20N2O4. The Morgan fingerprint density at radius 2 is 2.33 bits per heavy atom. The number of methoxy groups -OCH3 is 1. The molecule has 1 aromatic heterocycles. The summed E-state index contributed by atoms with van der Waals surface area (Å²) in [5, 5.41) is 10.7. The monoisotopic (exact) mass is 328 g/mol. The number of nitro groups is 1. The Balaban J connectivity index is 2.58. The van der Waals surface area contributed by atoms with Crippen LogP contribution in [0.2, 0.25) is 0 Å². The van der Waals surface area contributed by atoms with Crippen molar-refractivity contribution in [1.29, 1.82) is 0 Å². The van der Waals surface area contributed by atoms with Crippen LogP contribution in [0.3, 0.4) is 0 Å². The second-order valence-corrected chi connectivity index (χ2v) is 4.72. The van der Waals surface area contributed by atoms with E-state index in [9.17, 15) is 10.1 Å². The Bertz CT molecular complexity index is 696. The van der Waals surface area contributed by atoms with E-state index >= 15 is 0 Å². The molecule has 0 saturated carbocycles. The van der Waals surface area contributed by atoms with Crippen molar-refractivity contribution in [3.63, 3.8) is 0 Å². The van der Waals surface area contributed by atoms with Gasteiger partial charge >= 0.3 is 0 Å². The standard InChI is InChI=1S/C18H20N2O4/c1-4-17(20(21)22)9-5-7-15(2)14-24-18-10-11-19-13-16(18)8-6-12-23-3/h4-5,9-11,13H,2,7,12,14H2,1,3H3/b9-5?,17-4+. The van der Waals surface area contributed by atoms with Crippen LogP contribution in [0.4, 0.5) is 0 Å². The van der Waals surface area contributed by atoms with Gasteiger partial charge in [-0.15, -0.1) is 0 Å². The minimum Gasteiger partial charge on any atom is -0.488 e. The van der Waals surface area contributed by atoms with E-state index in [4.69, 9.17) is 9.47 Å². The van der Waals surface area contributed by atoms with Gasteiger partial charge in [-0.3, -0.25) is 15.1 Å². The van der Waals surface area contributed by atoms with Crippen LogP contribution < -0.4 is 4.74 Å². The lowest BCUT2D eigenvalue weighted by atomic mass is 10.2. The topological polar surface area (TPSA) is 74.5 Å². The molecule has 0 N–H and O–H groups in total. The number of hydrogen-bond donors (Lipinski definition) is 0. The highest BCUT2D eigenvalue weighted by molar-refractivity contribution is 5.44. The molecule has 0 atom stereocenters. The lowest BCUT2D eigenvalue weighted by molar-refractivity contribution is -0.419. The summed E-state index contributed by atoms with van der Waals surface area (Å²) in [6.07, 6.45) is 8.32. The third-order valence-corrected chi connectivity index (χ3v) is 2.85. The molecule has 24 heavy (non-hydrogen) atoms. The van der Waals surface area contributed by atoms with Gasteiger partial charge in [0.25, 0.3) is 5.70 Å². The summed E-state index contributed by atoms with van der Waals surface area (Å²) in [5.74, 6) is 6.38. The molecular weight excluding hydrogens is 308 g/mol. The molecule has 0 aliphatic rings. The van der Waals surface area contributed by atoms with Gasteiger partial charge in [0.15, 0.2) is 0 Å². The van der Waals surface area contributed by atoms with Gasteiger partial charge in [0, 0.05) is 25.6 Å². The summed E-state index contributed by atoms with van der Waals surface area (Å²) in [7, 11) is 1.57. The van der Waals surface area contributed by atoms with Crippen molar-refractivity contribution < 1.29 is 14.4 Å². The van der Waals surface area contributed by atoms with Crippen LogP contribution in [0.25, 0.3) is 0 Å². The Morgan fingerprint density at radius 1 is 1.54 bits per heavy atom. The van der Waals surface area contributed by atoms with E-state index in [2.05, 4.69) is 23.4 Å². The number of pyridine rings is 1. The largest absolute Gasteiger partial charge is 0.488 e. The van der Waals surface area contributed by atoms with Crippen LogP contribution in [0, 0.1) is 22.0 Å². The zero-order chi connectivity index (χ0) is 17.8. The number of aromatic nitrogens is 1. The minimum absolute atomic E-state index is 0.0496. The maximum Gasteiger partial charge on any atom is 0.264 e. The van der Waals surface area contributed by atoms with Crippen LogP contribution in [0.1, 0.15) is 18.9 Å². The van der Waals surface area contributed by atoms with Crippen LogP contribution in [-0.4, -0.2) is 30.2 Å². The third-order valence-electron chi connectivity index (χ3n) is 2.85. The number of ether oxygens (including phenoxy) is 2. The van der Waals surface area contributed by atoms with Gasteiger partial charge in [0.2, 0.25) is 0 Å². The molecule has 6 heteroatoms. The fourth-order valence-corrected chi connectivity index (χ4v) is 1.65. The molecule has 0 aromatic carbocycles. The summed E-state index contributed by atoms with van der Waals surface area (Å²) in [4.78, 5) is 14.3. The van der Waals surface area contributed by atoms with Gasteiger partial charge < -0.3 is 9.47 Å². The molecule has 0 amide bonds. The van der Waals surface area contributed by atoms with Crippen LogP contribution in [0.15, 0.2) is 54.5 Å². The van der Waals surface area contributed by atoms with E-state index in [0.717, 1.165) is 5.57 Å². The van der Waals surface area contributed by atoms with Gasteiger partial charge in [-0.1, -0.05) is 24.5 Å². The average molecular weight is 328 g/mol. The molecule has 0 unspecified atom stereocenters. The first-order valence-corrected chi connectivity index (χ1v) is 7.27. The molecule has 126 valence electrons. The average Bonchev–Trinajstić information content (AvgIpc) is 2.57. The molecule has 0 aliphatic carbocycles. The summed E-state index contributed by atoms with van der Waals surface area (Å²) < 4.78 is 10.6. The second-order valence-electron chi connectivity index (χ2n) is 4.72. The van der Waals surface area contributed by atoms with E-state index in [-0.39, 0.29) is 12.3 Å². The van der Waals surface area contributed by atoms with Crippen LogP contribution in [0.5, 0.6) is 5.75 Å². The van der Waals surface area contributed by atoms with Crippen molar-refractivity contribution in [2.45, 2.75) is 13.3 Å². The van der Waals surface area contributed by atoms with Gasteiger partial charge in [-0.05, 0) is 31.1 Å². The molecule has 0 spiro atoms. The van der Waals surface area contributed by atoms with Crippen molar-refractivity contribution in [1.82, 2.24) is 4.98 Å². The minimum atomic E-state index is -0.433. The van der Waals surface area contributed by atoms with Crippen LogP contribution in [-0.2, 0) is 4.74 Å². The Labute approximate surface area is 141 Å². The third kappa shape index (κ3) is 6.90. The lowest BCUT2D eigenvalue weighted by Gasteiger charge is -2.08. The first-order valence-electron chi connectivity index (χ1n) is 7.27. The van der Waals surface area contributed by atoms with Crippen molar-refractivity contribution in [2.24, 2.45) is 0 Å². The lowest BCUT2D eigenvalue weighted by Crippen LogP contribution is -2.02. The molecule has 0 saturated heterocycles. The molecule has 0 radical (unpaired) electrons. The molecule has 1 aromatic rings. The van der Waals surface area contributed by atoms with Crippen molar-refractivity contribution in [3.8, 4) is 17.6 Å². The van der Waals surface area contributed by atoms with Gasteiger partial charge in [0.05, 0.1) is 10.5 Å². The van der Waals surface area contributed by atoms with Gasteiger partial charge in [-0.25, -0.2) is 0 Å². The molecule has 0 bridgehead atoms. The Hall–Kier alpha value is -2.91. The summed E-state index contributed by atoms with van der Waals surface area (Å²) in [6.45, 7) is 6.14. The van der Waals surface area contributed by atoms with Crippen molar-refractivity contribution in [3.05, 3.63) is 70.2 Å². The first-order chi connectivity index (χ1) is 11.6. The van der Waals surface area contributed by atoms with Gasteiger partial charge in [0.1, 0.15) is 19.0 Å². The molecule has 0 fully saturated rings. The highest BCUT2D eigenvalue weighted by Crippen LogP contribution is 2.16. The maximum atomic E-state index is 10.7. The zero-order valence-corrected chi connectivity index (χ0v) is 13.8. The Morgan fingerprint density at radius 3 is 3.00 bits per heavy atom. The normalized spacial score (nSPS) is 11.0. The maximum absolute atomic E-state index is 10.7.